The molecule has 1 aliphatic rings. The minimum atomic E-state index is -0.432. The van der Waals surface area contributed by atoms with E-state index in [0.29, 0.717) is 17.1 Å². The summed E-state index contributed by atoms with van der Waals surface area (Å²) in [5.41, 5.74) is 3.96. The molecule has 166 valence electrons. The molecule has 34 heavy (non-hydrogen) atoms. The molecule has 5 aromatic rings. The SMILES string of the molecule is O=C1C(Nc2ccc(F)cc2)=C[C@H](c2ccc3oc4ccccc4c3c2)N1c1ccc(F)cc1. The molecule has 1 aromatic heterocycles. The maximum absolute atomic E-state index is 13.6. The fourth-order valence-electron chi connectivity index (χ4n) is 4.40. The standard InChI is InChI=1S/C28H18F2N2O2/c29-18-6-10-20(11-7-18)31-24-16-25(32(28(24)33)21-12-8-19(30)9-13-21)17-5-14-27-23(15-17)22-3-1-2-4-26(22)34-27/h1-16,25,31H/t25-/m1/s1. The first-order chi connectivity index (χ1) is 16.6. The predicted molar refractivity (Wildman–Crippen MR) is 128 cm³/mol. The molecule has 0 bridgehead atoms. The normalized spacial score (nSPS) is 15.8. The van der Waals surface area contributed by atoms with E-state index in [2.05, 4.69) is 5.32 Å². The molecule has 0 unspecified atom stereocenters. The van der Waals surface area contributed by atoms with E-state index in [1.54, 1.807) is 29.2 Å². The highest BCUT2D eigenvalue weighted by Gasteiger charge is 2.35. The van der Waals surface area contributed by atoms with Gasteiger partial charge in [-0.15, -0.1) is 0 Å². The van der Waals surface area contributed by atoms with E-state index in [0.717, 1.165) is 27.5 Å². The molecule has 1 N–H and O–H groups in total. The van der Waals surface area contributed by atoms with Crippen LogP contribution in [0.3, 0.4) is 0 Å². The van der Waals surface area contributed by atoms with E-state index >= 15 is 0 Å². The van der Waals surface area contributed by atoms with Gasteiger partial charge in [-0.05, 0) is 78.4 Å². The number of carbonyl (C=O) groups excluding carboxylic acids is 1. The Hall–Kier alpha value is -4.45. The molecule has 0 spiro atoms. The van der Waals surface area contributed by atoms with Crippen LogP contribution >= 0.6 is 0 Å². The van der Waals surface area contributed by atoms with Crippen molar-refractivity contribution in [2.75, 3.05) is 10.2 Å². The van der Waals surface area contributed by atoms with Crippen LogP contribution in [-0.2, 0) is 4.79 Å². The molecule has 0 saturated carbocycles. The van der Waals surface area contributed by atoms with Crippen LogP contribution in [0.2, 0.25) is 0 Å². The Balaban J connectivity index is 1.46. The number of furan rings is 1. The first-order valence-corrected chi connectivity index (χ1v) is 10.8. The van der Waals surface area contributed by atoms with Crippen molar-refractivity contribution >= 4 is 39.2 Å². The van der Waals surface area contributed by atoms with Gasteiger partial charge in [0.25, 0.3) is 5.91 Å². The van der Waals surface area contributed by atoms with Gasteiger partial charge in [0, 0.05) is 22.1 Å². The molecule has 1 aliphatic heterocycles. The van der Waals surface area contributed by atoms with E-state index in [1.807, 2.05) is 48.5 Å². The average Bonchev–Trinajstić information content (AvgIpc) is 3.38. The van der Waals surface area contributed by atoms with Crippen molar-refractivity contribution in [2.24, 2.45) is 0 Å². The quantitative estimate of drug-likeness (QED) is 0.321. The molecule has 4 nitrogen and oxygen atoms in total. The van der Waals surface area contributed by atoms with Crippen molar-refractivity contribution in [1.82, 2.24) is 0 Å². The zero-order valence-corrected chi connectivity index (χ0v) is 17.8. The number of nitrogens with zero attached hydrogens (tertiary/aromatic N) is 1. The first-order valence-electron chi connectivity index (χ1n) is 10.8. The fraction of sp³-hybridized carbons (Fsp3) is 0.0357. The Kier molecular flexibility index (Phi) is 4.66. The lowest BCUT2D eigenvalue weighted by Crippen LogP contribution is -2.30. The fourth-order valence-corrected chi connectivity index (χ4v) is 4.40. The van der Waals surface area contributed by atoms with E-state index in [-0.39, 0.29) is 17.5 Å². The smallest absolute Gasteiger partial charge is 0.275 e. The van der Waals surface area contributed by atoms with E-state index in [1.165, 1.54) is 24.3 Å². The third kappa shape index (κ3) is 3.40. The Morgan fingerprint density at radius 1 is 0.765 bits per heavy atom. The molecular weight excluding hydrogens is 434 g/mol. The van der Waals surface area contributed by atoms with Crippen molar-refractivity contribution in [2.45, 2.75) is 6.04 Å². The zero-order valence-electron chi connectivity index (χ0n) is 17.8. The van der Waals surface area contributed by atoms with Gasteiger partial charge in [0.1, 0.15) is 28.5 Å². The first kappa shape index (κ1) is 20.2. The molecule has 1 atom stereocenters. The van der Waals surface area contributed by atoms with Gasteiger partial charge in [0.2, 0.25) is 0 Å². The lowest BCUT2D eigenvalue weighted by atomic mass is 10.0. The molecule has 6 heteroatoms. The summed E-state index contributed by atoms with van der Waals surface area (Å²) in [4.78, 5) is 15.1. The lowest BCUT2D eigenvalue weighted by molar-refractivity contribution is -0.114. The van der Waals surface area contributed by atoms with Crippen molar-refractivity contribution < 1.29 is 18.0 Å². The van der Waals surface area contributed by atoms with Crippen LogP contribution in [0, 0.1) is 11.6 Å². The third-order valence-electron chi connectivity index (χ3n) is 6.02. The van der Waals surface area contributed by atoms with Gasteiger partial charge in [-0.1, -0.05) is 24.3 Å². The molecule has 6 rings (SSSR count). The van der Waals surface area contributed by atoms with Crippen molar-refractivity contribution in [3.05, 3.63) is 120 Å². The lowest BCUT2D eigenvalue weighted by Gasteiger charge is -2.25. The minimum Gasteiger partial charge on any atom is -0.456 e. The molecular formula is C28H18F2N2O2. The maximum atomic E-state index is 13.6. The van der Waals surface area contributed by atoms with Gasteiger partial charge in [0.05, 0.1) is 6.04 Å². The van der Waals surface area contributed by atoms with E-state index < -0.39 is 6.04 Å². The number of rotatable bonds is 4. The monoisotopic (exact) mass is 452 g/mol. The summed E-state index contributed by atoms with van der Waals surface area (Å²) in [5.74, 6) is -1.00. The van der Waals surface area contributed by atoms with Crippen LogP contribution in [0.1, 0.15) is 11.6 Å². The minimum absolute atomic E-state index is 0.266. The van der Waals surface area contributed by atoms with Gasteiger partial charge in [-0.2, -0.15) is 0 Å². The van der Waals surface area contributed by atoms with Crippen molar-refractivity contribution in [3.8, 4) is 0 Å². The summed E-state index contributed by atoms with van der Waals surface area (Å²) in [7, 11) is 0. The number of carbonyl (C=O) groups is 1. The molecule has 0 fully saturated rings. The topological polar surface area (TPSA) is 45.5 Å². The molecule has 2 heterocycles. The Labute approximate surface area is 193 Å². The number of hydrogen-bond donors (Lipinski definition) is 1. The molecule has 1 amide bonds. The number of anilines is 2. The Morgan fingerprint density at radius 3 is 2.21 bits per heavy atom. The summed E-state index contributed by atoms with van der Waals surface area (Å²) in [6.45, 7) is 0. The Bertz CT molecular complexity index is 1570. The van der Waals surface area contributed by atoms with Crippen LogP contribution in [0.5, 0.6) is 0 Å². The third-order valence-corrected chi connectivity index (χ3v) is 6.02. The second-order valence-corrected chi connectivity index (χ2v) is 8.16. The van der Waals surface area contributed by atoms with Crippen molar-refractivity contribution in [1.29, 1.82) is 0 Å². The van der Waals surface area contributed by atoms with Crippen LogP contribution in [0.4, 0.5) is 20.2 Å². The van der Waals surface area contributed by atoms with Crippen LogP contribution in [-0.4, -0.2) is 5.91 Å². The predicted octanol–water partition coefficient (Wildman–Crippen LogP) is 6.95. The number of hydrogen-bond acceptors (Lipinski definition) is 3. The number of halogens is 2. The van der Waals surface area contributed by atoms with Gasteiger partial charge in [-0.3, -0.25) is 9.69 Å². The largest absolute Gasteiger partial charge is 0.456 e. The van der Waals surface area contributed by atoms with Gasteiger partial charge < -0.3 is 9.73 Å². The van der Waals surface area contributed by atoms with E-state index in [4.69, 9.17) is 4.42 Å². The van der Waals surface area contributed by atoms with E-state index in [9.17, 15) is 13.6 Å². The summed E-state index contributed by atoms with van der Waals surface area (Å²) in [6.07, 6.45) is 1.83. The molecule has 0 radical (unpaired) electrons. The summed E-state index contributed by atoms with van der Waals surface area (Å²) < 4.78 is 32.9. The second kappa shape index (κ2) is 7.85. The molecule has 4 aromatic carbocycles. The highest BCUT2D eigenvalue weighted by atomic mass is 19.1. The number of amides is 1. The number of nitrogens with one attached hydrogen (secondary N) is 1. The Morgan fingerprint density at radius 2 is 1.44 bits per heavy atom. The maximum Gasteiger partial charge on any atom is 0.275 e. The second-order valence-electron chi connectivity index (χ2n) is 8.16. The van der Waals surface area contributed by atoms with Gasteiger partial charge in [-0.25, -0.2) is 8.78 Å². The zero-order chi connectivity index (χ0) is 23.2. The number of benzene rings is 4. The highest BCUT2D eigenvalue weighted by Crippen LogP contribution is 2.38. The summed E-state index contributed by atoms with van der Waals surface area (Å²) in [5, 5.41) is 5.04. The van der Waals surface area contributed by atoms with Crippen LogP contribution in [0.25, 0.3) is 21.9 Å². The highest BCUT2D eigenvalue weighted by molar-refractivity contribution is 6.11. The average molecular weight is 452 g/mol. The molecule has 0 aliphatic carbocycles. The van der Waals surface area contributed by atoms with Gasteiger partial charge in [0.15, 0.2) is 0 Å². The number of fused-ring (bicyclic) bond motifs is 3. The van der Waals surface area contributed by atoms with Crippen LogP contribution in [0.15, 0.2) is 107 Å². The van der Waals surface area contributed by atoms with Crippen LogP contribution < -0.4 is 10.2 Å². The number of para-hydroxylation sites is 1. The summed E-state index contributed by atoms with van der Waals surface area (Å²) >= 11 is 0. The van der Waals surface area contributed by atoms with Gasteiger partial charge >= 0.3 is 0 Å². The molecule has 0 saturated heterocycles. The van der Waals surface area contributed by atoms with Crippen molar-refractivity contribution in [3.63, 3.8) is 0 Å². The summed E-state index contributed by atoms with van der Waals surface area (Å²) in [6, 6.07) is 24.8.